The second-order valence-electron chi connectivity index (χ2n) is 2.38. The van der Waals surface area contributed by atoms with Gasteiger partial charge in [-0.15, -0.1) is 0 Å². The third-order valence-corrected chi connectivity index (χ3v) is 2.09. The molecule has 0 saturated carbocycles. The van der Waals surface area contributed by atoms with Gasteiger partial charge in [0, 0.05) is 6.20 Å². The number of pyridine rings is 1. The minimum Gasteiger partial charge on any atom is -0.461 e. The molecule has 0 aliphatic heterocycles. The molecule has 0 radical (unpaired) electrons. The van der Waals surface area contributed by atoms with Crippen LogP contribution in [0.4, 0.5) is 0 Å². The Kier molecular flexibility index (Phi) is 3.60. The Morgan fingerprint density at radius 1 is 1.79 bits per heavy atom. The molecule has 0 unspecified atom stereocenters. The van der Waals surface area contributed by atoms with E-state index in [-0.39, 0.29) is 5.69 Å². The van der Waals surface area contributed by atoms with Gasteiger partial charge in [0.25, 0.3) is 0 Å². The van der Waals surface area contributed by atoms with Gasteiger partial charge in [-0.1, -0.05) is 0 Å². The molecular weight excluding hydrogens is 248 g/mol. The standard InChI is InChI=1S/C9H7BrN2O2/c1-2-14-9(13)8-3-6(4-11)7(10)5-12-8/h3,5H,2H2,1H3. The minimum absolute atomic E-state index is 0.145. The van der Waals surface area contributed by atoms with Crippen LogP contribution in [0.3, 0.4) is 0 Å². The third kappa shape index (κ3) is 2.30. The average Bonchev–Trinajstić information content (AvgIpc) is 2.19. The summed E-state index contributed by atoms with van der Waals surface area (Å²) in [4.78, 5) is 15.0. The highest BCUT2D eigenvalue weighted by Crippen LogP contribution is 2.15. The van der Waals surface area contributed by atoms with E-state index in [0.29, 0.717) is 16.6 Å². The smallest absolute Gasteiger partial charge is 0.356 e. The van der Waals surface area contributed by atoms with Crippen LogP contribution in [0.1, 0.15) is 23.0 Å². The fourth-order valence-electron chi connectivity index (χ4n) is 0.841. The average molecular weight is 255 g/mol. The highest BCUT2D eigenvalue weighted by molar-refractivity contribution is 9.10. The first-order chi connectivity index (χ1) is 6.69. The second-order valence-corrected chi connectivity index (χ2v) is 3.24. The number of halogens is 1. The van der Waals surface area contributed by atoms with Crippen molar-refractivity contribution in [1.82, 2.24) is 4.98 Å². The molecule has 1 aromatic heterocycles. The lowest BCUT2D eigenvalue weighted by molar-refractivity contribution is 0.0519. The van der Waals surface area contributed by atoms with Crippen molar-refractivity contribution in [2.75, 3.05) is 6.61 Å². The summed E-state index contributed by atoms with van der Waals surface area (Å²) in [6.07, 6.45) is 1.41. The summed E-state index contributed by atoms with van der Waals surface area (Å²) in [6, 6.07) is 3.33. The molecule has 0 N–H and O–H groups in total. The Bertz CT molecular complexity index is 398. The summed E-state index contributed by atoms with van der Waals surface area (Å²) >= 11 is 3.14. The van der Waals surface area contributed by atoms with E-state index in [0.717, 1.165) is 0 Å². The van der Waals surface area contributed by atoms with Gasteiger partial charge in [0.15, 0.2) is 0 Å². The van der Waals surface area contributed by atoms with Crippen molar-refractivity contribution >= 4 is 21.9 Å². The molecule has 0 atom stereocenters. The number of aromatic nitrogens is 1. The molecule has 0 aliphatic rings. The van der Waals surface area contributed by atoms with Gasteiger partial charge in [-0.2, -0.15) is 5.26 Å². The zero-order chi connectivity index (χ0) is 10.6. The molecule has 0 aromatic carbocycles. The lowest BCUT2D eigenvalue weighted by Gasteiger charge is -2.01. The largest absolute Gasteiger partial charge is 0.461 e. The molecule has 5 heteroatoms. The number of ether oxygens (including phenoxy) is 1. The van der Waals surface area contributed by atoms with Gasteiger partial charge in [0.05, 0.1) is 16.6 Å². The van der Waals surface area contributed by atoms with Crippen LogP contribution >= 0.6 is 15.9 Å². The van der Waals surface area contributed by atoms with Crippen LogP contribution < -0.4 is 0 Å². The fourth-order valence-corrected chi connectivity index (χ4v) is 1.15. The van der Waals surface area contributed by atoms with Crippen LogP contribution in [0, 0.1) is 11.3 Å². The normalized spacial score (nSPS) is 9.21. The summed E-state index contributed by atoms with van der Waals surface area (Å²) in [6.45, 7) is 2.00. The van der Waals surface area contributed by atoms with E-state index in [4.69, 9.17) is 10.00 Å². The van der Waals surface area contributed by atoms with Gasteiger partial charge >= 0.3 is 5.97 Å². The molecule has 4 nitrogen and oxygen atoms in total. The molecule has 0 bridgehead atoms. The Hall–Kier alpha value is -1.41. The van der Waals surface area contributed by atoms with Gasteiger partial charge in [-0.25, -0.2) is 9.78 Å². The van der Waals surface area contributed by atoms with Gasteiger partial charge in [-0.05, 0) is 28.9 Å². The Balaban J connectivity index is 3.02. The van der Waals surface area contributed by atoms with Gasteiger partial charge in [-0.3, -0.25) is 0 Å². The first-order valence-electron chi connectivity index (χ1n) is 3.91. The maximum absolute atomic E-state index is 11.2. The summed E-state index contributed by atoms with van der Waals surface area (Å²) in [5, 5.41) is 8.69. The fraction of sp³-hybridized carbons (Fsp3) is 0.222. The summed E-state index contributed by atoms with van der Waals surface area (Å²) < 4.78 is 5.30. The number of nitriles is 1. The maximum Gasteiger partial charge on any atom is 0.356 e. The number of nitrogens with zero attached hydrogens (tertiary/aromatic N) is 2. The van der Waals surface area contributed by atoms with Crippen LogP contribution in [0.25, 0.3) is 0 Å². The van der Waals surface area contributed by atoms with Gasteiger partial charge in [0.1, 0.15) is 11.8 Å². The Morgan fingerprint density at radius 3 is 3.07 bits per heavy atom. The third-order valence-electron chi connectivity index (χ3n) is 1.46. The van der Waals surface area contributed by atoms with E-state index >= 15 is 0 Å². The summed E-state index contributed by atoms with van der Waals surface area (Å²) in [5.41, 5.74) is 0.509. The number of rotatable bonds is 2. The van der Waals surface area contributed by atoms with Gasteiger partial charge < -0.3 is 4.74 Å². The number of esters is 1. The predicted molar refractivity (Wildman–Crippen MR) is 52.6 cm³/mol. The number of hydrogen-bond acceptors (Lipinski definition) is 4. The lowest BCUT2D eigenvalue weighted by Crippen LogP contribution is -2.07. The summed E-state index contributed by atoms with van der Waals surface area (Å²) in [7, 11) is 0. The monoisotopic (exact) mass is 254 g/mol. The predicted octanol–water partition coefficient (Wildman–Crippen LogP) is 1.89. The van der Waals surface area contributed by atoms with Crippen molar-refractivity contribution in [3.05, 3.63) is 28.0 Å². The van der Waals surface area contributed by atoms with Gasteiger partial charge in [0.2, 0.25) is 0 Å². The molecule has 1 aromatic rings. The molecule has 0 spiro atoms. The van der Waals surface area contributed by atoms with Crippen molar-refractivity contribution in [2.24, 2.45) is 0 Å². The number of carbonyl (C=O) groups excluding carboxylic acids is 1. The molecule has 0 saturated heterocycles. The second kappa shape index (κ2) is 4.72. The zero-order valence-electron chi connectivity index (χ0n) is 7.45. The van der Waals surface area contributed by atoms with Crippen LogP contribution in [-0.4, -0.2) is 17.6 Å². The van der Waals surface area contributed by atoms with E-state index in [1.807, 2.05) is 6.07 Å². The first-order valence-corrected chi connectivity index (χ1v) is 4.71. The van der Waals surface area contributed by atoms with Crippen LogP contribution in [0.5, 0.6) is 0 Å². The van der Waals surface area contributed by atoms with E-state index in [2.05, 4.69) is 20.9 Å². The number of hydrogen-bond donors (Lipinski definition) is 0. The first kappa shape index (κ1) is 10.7. The SMILES string of the molecule is CCOC(=O)c1cc(C#N)c(Br)cn1. The Labute approximate surface area is 89.6 Å². The minimum atomic E-state index is -0.517. The Morgan fingerprint density at radius 2 is 2.50 bits per heavy atom. The van der Waals surface area contributed by atoms with Crippen LogP contribution in [-0.2, 0) is 4.74 Å². The molecule has 72 valence electrons. The molecule has 1 heterocycles. The van der Waals surface area contributed by atoms with E-state index < -0.39 is 5.97 Å². The van der Waals surface area contributed by atoms with Crippen molar-refractivity contribution < 1.29 is 9.53 Å². The van der Waals surface area contributed by atoms with Crippen molar-refractivity contribution in [3.63, 3.8) is 0 Å². The molecule has 0 amide bonds. The van der Waals surface area contributed by atoms with Crippen molar-refractivity contribution in [3.8, 4) is 6.07 Å². The highest BCUT2D eigenvalue weighted by Gasteiger charge is 2.10. The molecule has 0 fully saturated rings. The topological polar surface area (TPSA) is 63.0 Å². The zero-order valence-corrected chi connectivity index (χ0v) is 9.04. The van der Waals surface area contributed by atoms with Crippen molar-refractivity contribution in [2.45, 2.75) is 6.92 Å². The lowest BCUT2D eigenvalue weighted by atomic mass is 10.2. The molecule has 1 rings (SSSR count). The molecular formula is C9H7BrN2O2. The summed E-state index contributed by atoms with van der Waals surface area (Å²) in [5.74, 6) is -0.517. The quantitative estimate of drug-likeness (QED) is 0.757. The van der Waals surface area contributed by atoms with E-state index in [9.17, 15) is 4.79 Å². The van der Waals surface area contributed by atoms with Crippen LogP contribution in [0.2, 0.25) is 0 Å². The number of carbonyl (C=O) groups is 1. The highest BCUT2D eigenvalue weighted by atomic mass is 79.9. The van der Waals surface area contributed by atoms with E-state index in [1.165, 1.54) is 12.3 Å². The van der Waals surface area contributed by atoms with Crippen molar-refractivity contribution in [1.29, 1.82) is 5.26 Å². The molecule has 14 heavy (non-hydrogen) atoms. The van der Waals surface area contributed by atoms with Crippen LogP contribution in [0.15, 0.2) is 16.7 Å². The van der Waals surface area contributed by atoms with E-state index in [1.54, 1.807) is 6.92 Å². The maximum atomic E-state index is 11.2. The molecule has 0 aliphatic carbocycles.